The summed E-state index contributed by atoms with van der Waals surface area (Å²) in [6.07, 6.45) is 3.79. The molecule has 0 bridgehead atoms. The number of nitrogens with zero attached hydrogens (tertiary/aromatic N) is 2. The third-order valence-electron chi connectivity index (χ3n) is 3.91. The molecule has 0 spiro atoms. The Morgan fingerprint density at radius 3 is 2.74 bits per heavy atom. The summed E-state index contributed by atoms with van der Waals surface area (Å²) < 4.78 is 5.57. The van der Waals surface area contributed by atoms with Gasteiger partial charge in [0.05, 0.1) is 6.10 Å². The van der Waals surface area contributed by atoms with Crippen LogP contribution in [0.3, 0.4) is 0 Å². The molecule has 1 saturated heterocycles. The molecule has 19 heavy (non-hydrogen) atoms. The first kappa shape index (κ1) is 12.6. The predicted molar refractivity (Wildman–Crippen MR) is 73.8 cm³/mol. The fourth-order valence-corrected chi connectivity index (χ4v) is 2.43. The standard InChI is InChI=1S/C13H21N5O/c1-8-10(4-5-19-8)7-15-11-6-12(18-14)17-13(16-11)9-2-3-9/h6,8-10H,2-5,7,14H2,1H3,(H2,15,16,17,18). The smallest absolute Gasteiger partial charge is 0.145 e. The van der Waals surface area contributed by atoms with Crippen molar-refractivity contribution in [3.8, 4) is 0 Å². The minimum atomic E-state index is 0.323. The quantitative estimate of drug-likeness (QED) is 0.551. The van der Waals surface area contributed by atoms with Crippen LogP contribution in [0.25, 0.3) is 0 Å². The number of aromatic nitrogens is 2. The highest BCUT2D eigenvalue weighted by Crippen LogP contribution is 2.38. The van der Waals surface area contributed by atoms with Gasteiger partial charge < -0.3 is 15.5 Å². The maximum absolute atomic E-state index is 5.57. The van der Waals surface area contributed by atoms with Crippen molar-refractivity contribution in [2.75, 3.05) is 23.9 Å². The van der Waals surface area contributed by atoms with Crippen LogP contribution in [0.1, 0.15) is 37.9 Å². The van der Waals surface area contributed by atoms with Crippen molar-refractivity contribution >= 4 is 11.6 Å². The molecule has 1 aliphatic heterocycles. The Morgan fingerprint density at radius 1 is 1.32 bits per heavy atom. The highest BCUT2D eigenvalue weighted by Gasteiger charge is 2.28. The van der Waals surface area contributed by atoms with Crippen LogP contribution in [-0.2, 0) is 4.74 Å². The fraction of sp³-hybridized carbons (Fsp3) is 0.692. The maximum atomic E-state index is 5.57. The van der Waals surface area contributed by atoms with Crippen molar-refractivity contribution in [2.24, 2.45) is 11.8 Å². The van der Waals surface area contributed by atoms with Crippen molar-refractivity contribution in [2.45, 2.75) is 38.2 Å². The Bertz CT molecular complexity index is 449. The van der Waals surface area contributed by atoms with Gasteiger partial charge in [0.1, 0.15) is 17.5 Å². The van der Waals surface area contributed by atoms with Gasteiger partial charge in [0.15, 0.2) is 0 Å². The van der Waals surface area contributed by atoms with Crippen molar-refractivity contribution < 1.29 is 4.74 Å². The van der Waals surface area contributed by atoms with E-state index in [2.05, 4.69) is 27.6 Å². The average Bonchev–Trinajstić information content (AvgIpc) is 3.20. The molecular formula is C13H21N5O. The van der Waals surface area contributed by atoms with Crippen LogP contribution in [0.5, 0.6) is 0 Å². The molecule has 1 aliphatic carbocycles. The van der Waals surface area contributed by atoms with Gasteiger partial charge in [-0.25, -0.2) is 15.8 Å². The normalized spacial score (nSPS) is 26.4. The molecule has 6 heteroatoms. The highest BCUT2D eigenvalue weighted by molar-refractivity contribution is 5.47. The lowest BCUT2D eigenvalue weighted by Gasteiger charge is -2.16. The molecule has 3 rings (SSSR count). The zero-order valence-electron chi connectivity index (χ0n) is 11.2. The fourth-order valence-electron chi connectivity index (χ4n) is 2.43. The molecule has 0 amide bonds. The average molecular weight is 263 g/mol. The van der Waals surface area contributed by atoms with Crippen LogP contribution in [0.15, 0.2) is 6.07 Å². The third kappa shape index (κ3) is 2.96. The number of rotatable bonds is 5. The molecule has 2 atom stereocenters. The minimum absolute atomic E-state index is 0.323. The molecule has 1 aromatic rings. The topological polar surface area (TPSA) is 85.1 Å². The number of nitrogens with two attached hydrogens (primary N) is 1. The molecule has 6 nitrogen and oxygen atoms in total. The van der Waals surface area contributed by atoms with Gasteiger partial charge in [0.2, 0.25) is 0 Å². The van der Waals surface area contributed by atoms with Gasteiger partial charge in [-0.15, -0.1) is 0 Å². The number of hydrogen-bond acceptors (Lipinski definition) is 6. The summed E-state index contributed by atoms with van der Waals surface area (Å²) in [5, 5.41) is 3.39. The first-order valence-electron chi connectivity index (χ1n) is 6.97. The largest absolute Gasteiger partial charge is 0.378 e. The lowest BCUT2D eigenvalue weighted by molar-refractivity contribution is 0.108. The zero-order chi connectivity index (χ0) is 13.2. The van der Waals surface area contributed by atoms with E-state index in [0.717, 1.165) is 31.2 Å². The second-order valence-corrected chi connectivity index (χ2v) is 5.42. The predicted octanol–water partition coefficient (Wildman–Crippen LogP) is 1.48. The van der Waals surface area contributed by atoms with E-state index in [9.17, 15) is 0 Å². The first-order chi connectivity index (χ1) is 9.26. The van der Waals surface area contributed by atoms with Crippen molar-refractivity contribution in [3.63, 3.8) is 0 Å². The van der Waals surface area contributed by atoms with E-state index in [1.807, 2.05) is 6.07 Å². The molecule has 1 aromatic heterocycles. The minimum Gasteiger partial charge on any atom is -0.378 e. The lowest BCUT2D eigenvalue weighted by Crippen LogP contribution is -2.21. The number of anilines is 2. The van der Waals surface area contributed by atoms with E-state index in [1.54, 1.807) is 0 Å². The molecule has 0 aromatic carbocycles. The van der Waals surface area contributed by atoms with E-state index in [0.29, 0.717) is 23.8 Å². The second-order valence-electron chi connectivity index (χ2n) is 5.42. The maximum Gasteiger partial charge on any atom is 0.145 e. The van der Waals surface area contributed by atoms with E-state index in [1.165, 1.54) is 12.8 Å². The summed E-state index contributed by atoms with van der Waals surface area (Å²) in [5.74, 6) is 8.95. The summed E-state index contributed by atoms with van der Waals surface area (Å²) in [7, 11) is 0. The van der Waals surface area contributed by atoms with Gasteiger partial charge >= 0.3 is 0 Å². The Kier molecular flexibility index (Phi) is 3.52. The van der Waals surface area contributed by atoms with Gasteiger partial charge in [-0.2, -0.15) is 0 Å². The molecule has 4 N–H and O–H groups in total. The van der Waals surface area contributed by atoms with E-state index in [-0.39, 0.29) is 0 Å². The summed E-state index contributed by atoms with van der Waals surface area (Å²) >= 11 is 0. The summed E-state index contributed by atoms with van der Waals surface area (Å²) in [5.41, 5.74) is 2.61. The van der Waals surface area contributed by atoms with Crippen LogP contribution in [0.2, 0.25) is 0 Å². The molecule has 1 saturated carbocycles. The van der Waals surface area contributed by atoms with E-state index >= 15 is 0 Å². The molecule has 2 unspecified atom stereocenters. The van der Waals surface area contributed by atoms with Gasteiger partial charge in [-0.05, 0) is 26.2 Å². The van der Waals surface area contributed by atoms with Crippen LogP contribution in [0, 0.1) is 5.92 Å². The number of ether oxygens (including phenoxy) is 1. The van der Waals surface area contributed by atoms with Crippen molar-refractivity contribution in [1.82, 2.24) is 9.97 Å². The lowest BCUT2D eigenvalue weighted by atomic mass is 10.0. The first-order valence-corrected chi connectivity index (χ1v) is 6.97. The van der Waals surface area contributed by atoms with Crippen molar-refractivity contribution in [1.29, 1.82) is 0 Å². The van der Waals surface area contributed by atoms with Crippen LogP contribution in [-0.4, -0.2) is 29.2 Å². The molecular weight excluding hydrogens is 242 g/mol. The zero-order valence-corrected chi connectivity index (χ0v) is 11.2. The Balaban J connectivity index is 1.67. The number of hydrogen-bond donors (Lipinski definition) is 3. The number of nitrogen functional groups attached to an aromatic ring is 1. The van der Waals surface area contributed by atoms with Crippen LogP contribution < -0.4 is 16.6 Å². The van der Waals surface area contributed by atoms with Gasteiger partial charge in [-0.1, -0.05) is 0 Å². The van der Waals surface area contributed by atoms with Crippen LogP contribution >= 0.6 is 0 Å². The second kappa shape index (κ2) is 5.30. The summed E-state index contributed by atoms with van der Waals surface area (Å²) in [6, 6.07) is 1.85. The number of hydrazine groups is 1. The highest BCUT2D eigenvalue weighted by atomic mass is 16.5. The molecule has 2 heterocycles. The third-order valence-corrected chi connectivity index (χ3v) is 3.91. The van der Waals surface area contributed by atoms with Crippen LogP contribution in [0.4, 0.5) is 11.6 Å². The summed E-state index contributed by atoms with van der Waals surface area (Å²) in [4.78, 5) is 8.97. The Hall–Kier alpha value is -1.40. The van der Waals surface area contributed by atoms with Crippen molar-refractivity contribution in [3.05, 3.63) is 11.9 Å². The Morgan fingerprint density at radius 2 is 2.11 bits per heavy atom. The molecule has 0 radical (unpaired) electrons. The van der Waals surface area contributed by atoms with E-state index < -0.39 is 0 Å². The Labute approximate surface area is 113 Å². The van der Waals surface area contributed by atoms with Gasteiger partial charge in [0.25, 0.3) is 0 Å². The van der Waals surface area contributed by atoms with Gasteiger partial charge in [-0.3, -0.25) is 0 Å². The molecule has 104 valence electrons. The SMILES string of the molecule is CC1OCCC1CNc1cc(NN)nc(C2CC2)n1. The monoisotopic (exact) mass is 263 g/mol. The number of nitrogens with one attached hydrogen (secondary N) is 2. The molecule has 2 fully saturated rings. The van der Waals surface area contributed by atoms with E-state index in [4.69, 9.17) is 10.6 Å². The van der Waals surface area contributed by atoms with Gasteiger partial charge in [0, 0.05) is 31.1 Å². The summed E-state index contributed by atoms with van der Waals surface area (Å²) in [6.45, 7) is 3.87. The molecule has 2 aliphatic rings.